The van der Waals surface area contributed by atoms with Gasteiger partial charge >= 0.3 is 0 Å². The van der Waals surface area contributed by atoms with Crippen LogP contribution in [0.1, 0.15) is 65.2 Å². The van der Waals surface area contributed by atoms with Gasteiger partial charge in [0, 0.05) is 12.0 Å². The van der Waals surface area contributed by atoms with Crippen LogP contribution in [0.5, 0.6) is 0 Å². The molecule has 3 unspecified atom stereocenters. The number of hydrogen-bond donors (Lipinski definition) is 2. The number of aliphatic hydroxyl groups is 1. The lowest BCUT2D eigenvalue weighted by Gasteiger charge is -2.54. The van der Waals surface area contributed by atoms with Gasteiger partial charge in [-0.05, 0) is 68.6 Å². The minimum absolute atomic E-state index is 0.0301. The van der Waals surface area contributed by atoms with Crippen molar-refractivity contribution in [1.82, 2.24) is 0 Å². The Bertz CT molecular complexity index is 328. The molecule has 0 aromatic heterocycles. The first-order valence-corrected chi connectivity index (χ1v) is 7.83. The van der Waals surface area contributed by atoms with Crippen LogP contribution in [0.3, 0.4) is 0 Å². The summed E-state index contributed by atoms with van der Waals surface area (Å²) in [5.41, 5.74) is 6.22. The van der Waals surface area contributed by atoms with E-state index < -0.39 is 5.60 Å². The molecule has 0 radical (unpaired) electrons. The minimum atomic E-state index is -0.429. The molecule has 0 aromatic rings. The lowest BCUT2D eigenvalue weighted by molar-refractivity contribution is -0.144. The Hall–Kier alpha value is -0.0800. The maximum atomic E-state index is 11.3. The summed E-state index contributed by atoms with van der Waals surface area (Å²) in [5.74, 6) is 1.34. The molecule has 3 rings (SSSR count). The zero-order chi connectivity index (χ0) is 13.0. The third kappa shape index (κ3) is 1.68. The quantitative estimate of drug-likeness (QED) is 0.792. The van der Waals surface area contributed by atoms with Crippen LogP contribution in [0.15, 0.2) is 0 Å². The Morgan fingerprint density at radius 1 is 1.11 bits per heavy atom. The van der Waals surface area contributed by atoms with E-state index in [1.165, 1.54) is 32.1 Å². The van der Waals surface area contributed by atoms with Crippen molar-refractivity contribution >= 4 is 0 Å². The number of nitrogens with two attached hydrogens (primary N) is 1. The molecule has 0 amide bonds. The maximum Gasteiger partial charge on any atom is 0.0746 e. The number of fused-ring (bicyclic) bond motifs is 2. The predicted octanol–water partition coefficient (Wildman–Crippen LogP) is 3.08. The first kappa shape index (κ1) is 12.9. The Morgan fingerprint density at radius 2 is 1.78 bits per heavy atom. The predicted molar refractivity (Wildman–Crippen MR) is 74.1 cm³/mol. The topological polar surface area (TPSA) is 46.2 Å². The van der Waals surface area contributed by atoms with E-state index in [2.05, 4.69) is 13.8 Å². The van der Waals surface area contributed by atoms with Crippen LogP contribution in [0.4, 0.5) is 0 Å². The summed E-state index contributed by atoms with van der Waals surface area (Å²) in [6.07, 6.45) is 9.61. The fourth-order valence-electron chi connectivity index (χ4n) is 5.17. The Kier molecular flexibility index (Phi) is 2.84. The molecule has 2 heteroatoms. The van der Waals surface area contributed by atoms with Gasteiger partial charge in [-0.3, -0.25) is 0 Å². The molecule has 18 heavy (non-hydrogen) atoms. The van der Waals surface area contributed by atoms with Crippen LogP contribution in [0, 0.1) is 22.7 Å². The van der Waals surface area contributed by atoms with Gasteiger partial charge in [0.2, 0.25) is 0 Å². The second kappa shape index (κ2) is 3.96. The molecular formula is C16H29NO. The van der Waals surface area contributed by atoms with Gasteiger partial charge in [-0.2, -0.15) is 0 Å². The molecule has 0 spiro atoms. The van der Waals surface area contributed by atoms with Gasteiger partial charge in [0.05, 0.1) is 5.60 Å². The van der Waals surface area contributed by atoms with Gasteiger partial charge in [0.15, 0.2) is 0 Å². The normalized spacial score (nSPS) is 45.3. The molecule has 3 atom stereocenters. The first-order chi connectivity index (χ1) is 8.41. The molecule has 0 aromatic carbocycles. The molecule has 3 N–H and O–H groups in total. The smallest absolute Gasteiger partial charge is 0.0746 e. The highest BCUT2D eigenvalue weighted by molar-refractivity contribution is 5.12. The third-order valence-electron chi connectivity index (χ3n) is 6.69. The summed E-state index contributed by atoms with van der Waals surface area (Å²) >= 11 is 0. The third-order valence-corrected chi connectivity index (χ3v) is 6.69. The van der Waals surface area contributed by atoms with E-state index in [1.807, 2.05) is 0 Å². The molecule has 3 aliphatic rings. The van der Waals surface area contributed by atoms with E-state index in [0.717, 1.165) is 25.2 Å². The molecule has 0 aliphatic heterocycles. The molecule has 3 fully saturated rings. The zero-order valence-corrected chi connectivity index (χ0v) is 12.0. The van der Waals surface area contributed by atoms with Gasteiger partial charge in [-0.15, -0.1) is 0 Å². The first-order valence-electron chi connectivity index (χ1n) is 7.83. The molecule has 0 heterocycles. The van der Waals surface area contributed by atoms with E-state index in [4.69, 9.17) is 5.73 Å². The van der Waals surface area contributed by atoms with Crippen molar-refractivity contribution in [2.45, 2.75) is 70.8 Å². The monoisotopic (exact) mass is 251 g/mol. The lowest BCUT2D eigenvalue weighted by atomic mass is 9.54. The largest absolute Gasteiger partial charge is 0.389 e. The van der Waals surface area contributed by atoms with Gasteiger partial charge in [-0.25, -0.2) is 0 Å². The highest BCUT2D eigenvalue weighted by Crippen LogP contribution is 2.62. The van der Waals surface area contributed by atoms with Crippen LogP contribution >= 0.6 is 0 Å². The fourth-order valence-corrected chi connectivity index (χ4v) is 5.17. The average Bonchev–Trinajstić information content (AvgIpc) is 2.90. The van der Waals surface area contributed by atoms with Crippen molar-refractivity contribution in [3.63, 3.8) is 0 Å². The van der Waals surface area contributed by atoms with E-state index in [9.17, 15) is 5.11 Å². The van der Waals surface area contributed by atoms with Crippen LogP contribution in [-0.4, -0.2) is 17.3 Å². The van der Waals surface area contributed by atoms with Crippen LogP contribution in [0.25, 0.3) is 0 Å². The summed E-state index contributed by atoms with van der Waals surface area (Å²) in [5, 5.41) is 11.3. The van der Waals surface area contributed by atoms with Gasteiger partial charge in [0.1, 0.15) is 0 Å². The molecule has 0 saturated heterocycles. The van der Waals surface area contributed by atoms with Crippen LogP contribution in [0.2, 0.25) is 0 Å². The summed E-state index contributed by atoms with van der Waals surface area (Å²) in [4.78, 5) is 0. The highest BCUT2D eigenvalue weighted by Gasteiger charge is 2.61. The number of hydrogen-bond acceptors (Lipinski definition) is 2. The van der Waals surface area contributed by atoms with E-state index in [-0.39, 0.29) is 5.41 Å². The Balaban J connectivity index is 1.84. The van der Waals surface area contributed by atoms with Crippen molar-refractivity contribution in [2.24, 2.45) is 28.4 Å². The SMILES string of the molecule is CC1(C)CCC(CN)(C2(O)CC3CCC2C3)CC1. The van der Waals surface area contributed by atoms with Crippen molar-refractivity contribution in [2.75, 3.05) is 6.54 Å². The van der Waals surface area contributed by atoms with Crippen molar-refractivity contribution in [3.8, 4) is 0 Å². The minimum Gasteiger partial charge on any atom is -0.389 e. The summed E-state index contributed by atoms with van der Waals surface area (Å²) in [6.45, 7) is 5.40. The van der Waals surface area contributed by atoms with E-state index >= 15 is 0 Å². The summed E-state index contributed by atoms with van der Waals surface area (Å²) in [7, 11) is 0. The molecule has 3 saturated carbocycles. The Labute approximate surface area is 111 Å². The zero-order valence-electron chi connectivity index (χ0n) is 12.0. The molecule has 2 nitrogen and oxygen atoms in total. The summed E-state index contributed by atoms with van der Waals surface area (Å²) in [6, 6.07) is 0. The molecule has 3 aliphatic carbocycles. The second-order valence-electron chi connectivity index (χ2n) is 8.15. The average molecular weight is 251 g/mol. The van der Waals surface area contributed by atoms with E-state index in [0.29, 0.717) is 17.9 Å². The Morgan fingerprint density at radius 3 is 2.22 bits per heavy atom. The van der Waals surface area contributed by atoms with Gasteiger partial charge < -0.3 is 10.8 Å². The van der Waals surface area contributed by atoms with Crippen LogP contribution < -0.4 is 5.73 Å². The second-order valence-corrected chi connectivity index (χ2v) is 8.15. The van der Waals surface area contributed by atoms with Crippen molar-refractivity contribution in [1.29, 1.82) is 0 Å². The standard InChI is InChI=1S/C16H29NO/c1-14(2)5-7-15(11-17,8-6-14)16(18)10-12-3-4-13(16)9-12/h12-13,18H,3-11,17H2,1-2H3. The van der Waals surface area contributed by atoms with Gasteiger partial charge in [-0.1, -0.05) is 13.8 Å². The highest BCUT2D eigenvalue weighted by atomic mass is 16.3. The maximum absolute atomic E-state index is 11.3. The number of rotatable bonds is 2. The molecular weight excluding hydrogens is 222 g/mol. The lowest BCUT2D eigenvalue weighted by Crippen LogP contribution is -2.57. The fraction of sp³-hybridized carbons (Fsp3) is 1.00. The van der Waals surface area contributed by atoms with Gasteiger partial charge in [0.25, 0.3) is 0 Å². The van der Waals surface area contributed by atoms with E-state index in [1.54, 1.807) is 0 Å². The summed E-state index contributed by atoms with van der Waals surface area (Å²) < 4.78 is 0. The molecule has 2 bridgehead atoms. The molecule has 104 valence electrons. The van der Waals surface area contributed by atoms with Crippen molar-refractivity contribution in [3.05, 3.63) is 0 Å². The van der Waals surface area contributed by atoms with Crippen LogP contribution in [-0.2, 0) is 0 Å². The van der Waals surface area contributed by atoms with Crippen molar-refractivity contribution < 1.29 is 5.11 Å².